The van der Waals surface area contributed by atoms with E-state index in [2.05, 4.69) is 0 Å². The third-order valence-electron chi connectivity index (χ3n) is 2.43. The van der Waals surface area contributed by atoms with Crippen molar-refractivity contribution >= 4 is 27.7 Å². The van der Waals surface area contributed by atoms with Gasteiger partial charge in [-0.3, -0.25) is 4.79 Å². The summed E-state index contributed by atoms with van der Waals surface area (Å²) in [5.41, 5.74) is -0.102. The number of hydrogen-bond acceptors (Lipinski definition) is 3. The van der Waals surface area contributed by atoms with Crippen LogP contribution in [0.15, 0.2) is 18.2 Å². The highest BCUT2D eigenvalue weighted by Crippen LogP contribution is 2.17. The molecule has 0 unspecified atom stereocenters. The van der Waals surface area contributed by atoms with E-state index in [0.29, 0.717) is 0 Å². The molecule has 0 heterocycles. The second-order valence-corrected chi connectivity index (χ2v) is 6.92. The second-order valence-electron chi connectivity index (χ2n) is 4.73. The van der Waals surface area contributed by atoms with Gasteiger partial charge in [0.05, 0.1) is 10.6 Å². The maximum atomic E-state index is 12.9. The minimum atomic E-state index is -3.95. The highest BCUT2D eigenvalue weighted by Gasteiger charge is 2.23. The van der Waals surface area contributed by atoms with Crippen LogP contribution < -0.4 is 4.72 Å². The number of rotatable bonds is 5. The molecule has 1 N–H and O–H groups in total. The summed E-state index contributed by atoms with van der Waals surface area (Å²) >= 11 is 5.71. The molecule has 5 nitrogen and oxygen atoms in total. The largest absolute Gasteiger partial charge is 0.303 e. The summed E-state index contributed by atoms with van der Waals surface area (Å²) in [7, 11) is -2.59. The molecular weight excluding hydrogens is 307 g/mol. The maximum absolute atomic E-state index is 12.9. The van der Waals surface area contributed by atoms with Gasteiger partial charge in [-0.05, 0) is 24.1 Å². The van der Waals surface area contributed by atoms with Crippen LogP contribution in [0.2, 0.25) is 5.02 Å². The van der Waals surface area contributed by atoms with Gasteiger partial charge in [0, 0.05) is 13.6 Å². The molecule has 112 valence electrons. The Morgan fingerprint density at radius 1 is 1.45 bits per heavy atom. The van der Waals surface area contributed by atoms with Crippen molar-refractivity contribution in [1.29, 1.82) is 0 Å². The molecule has 1 aromatic rings. The molecule has 0 saturated heterocycles. The average Bonchev–Trinajstić information content (AvgIpc) is 2.26. The summed E-state index contributed by atoms with van der Waals surface area (Å²) in [5.74, 6) is -1.39. The van der Waals surface area contributed by atoms with Crippen LogP contribution in [-0.4, -0.2) is 32.2 Å². The molecule has 0 saturated carbocycles. The van der Waals surface area contributed by atoms with Gasteiger partial charge in [0.2, 0.25) is 0 Å². The predicted octanol–water partition coefficient (Wildman–Crippen LogP) is 2.04. The molecule has 1 rings (SSSR count). The lowest BCUT2D eigenvalue weighted by Crippen LogP contribution is -2.42. The number of hydrogen-bond donors (Lipinski definition) is 1. The molecule has 0 radical (unpaired) electrons. The third kappa shape index (κ3) is 4.43. The fourth-order valence-corrected chi connectivity index (χ4v) is 2.78. The molecule has 1 aromatic carbocycles. The molecule has 20 heavy (non-hydrogen) atoms. The minimum Gasteiger partial charge on any atom is -0.268 e. The Kier molecular flexibility index (Phi) is 5.50. The number of amides is 1. The van der Waals surface area contributed by atoms with Crippen molar-refractivity contribution in [2.24, 2.45) is 5.92 Å². The fraction of sp³-hybridized carbons (Fsp3) is 0.417. The van der Waals surface area contributed by atoms with E-state index in [1.54, 1.807) is 0 Å². The van der Waals surface area contributed by atoms with Crippen LogP contribution in [0.5, 0.6) is 0 Å². The molecule has 0 aromatic heterocycles. The lowest BCUT2D eigenvalue weighted by molar-refractivity contribution is 0.0979. The Labute approximate surface area is 122 Å². The van der Waals surface area contributed by atoms with E-state index in [0.717, 1.165) is 22.5 Å². The van der Waals surface area contributed by atoms with Gasteiger partial charge in [-0.1, -0.05) is 25.4 Å². The molecule has 0 aliphatic rings. The Bertz CT molecular complexity index is 605. The molecule has 1 amide bonds. The average molecular weight is 323 g/mol. The van der Waals surface area contributed by atoms with E-state index in [9.17, 15) is 17.6 Å². The van der Waals surface area contributed by atoms with Gasteiger partial charge in [0.15, 0.2) is 0 Å². The van der Waals surface area contributed by atoms with Crippen LogP contribution in [0.25, 0.3) is 0 Å². The predicted molar refractivity (Wildman–Crippen MR) is 75.3 cm³/mol. The first-order chi connectivity index (χ1) is 9.13. The van der Waals surface area contributed by atoms with Gasteiger partial charge in [-0.25, -0.2) is 9.11 Å². The van der Waals surface area contributed by atoms with Crippen LogP contribution in [0, 0.1) is 11.7 Å². The monoisotopic (exact) mass is 322 g/mol. The molecule has 0 atom stereocenters. The van der Waals surface area contributed by atoms with E-state index in [-0.39, 0.29) is 23.0 Å². The number of halogens is 2. The van der Waals surface area contributed by atoms with Crippen molar-refractivity contribution in [2.75, 3.05) is 13.6 Å². The van der Waals surface area contributed by atoms with Crippen LogP contribution in [0.4, 0.5) is 4.39 Å². The van der Waals surface area contributed by atoms with Crippen LogP contribution >= 0.6 is 11.6 Å². The molecule has 0 bridgehead atoms. The first-order valence-electron chi connectivity index (χ1n) is 5.87. The van der Waals surface area contributed by atoms with Gasteiger partial charge in [-0.15, -0.1) is 0 Å². The number of nitrogens with zero attached hydrogens (tertiary/aromatic N) is 1. The minimum absolute atomic E-state index is 0.102. The van der Waals surface area contributed by atoms with Gasteiger partial charge in [0.25, 0.3) is 5.91 Å². The fourth-order valence-electron chi connectivity index (χ4n) is 1.54. The van der Waals surface area contributed by atoms with Crippen LogP contribution in [0.1, 0.15) is 24.2 Å². The Hall–Kier alpha value is -1.18. The van der Waals surface area contributed by atoms with E-state index in [1.165, 1.54) is 7.05 Å². The van der Waals surface area contributed by atoms with Crippen molar-refractivity contribution in [3.63, 3.8) is 0 Å². The smallest absolute Gasteiger partial charge is 0.268 e. The van der Waals surface area contributed by atoms with E-state index < -0.39 is 21.9 Å². The maximum Gasteiger partial charge on any atom is 0.303 e. The molecule has 0 aliphatic heterocycles. The standard InChI is InChI=1S/C12H16ClFN2O3S/c1-8(2)7-16(3)20(18,19)15-12(17)10-5-4-9(14)6-11(10)13/h4-6,8H,7H2,1-3H3,(H,15,17). The summed E-state index contributed by atoms with van der Waals surface area (Å²) in [6.45, 7) is 3.97. The topological polar surface area (TPSA) is 66.5 Å². The van der Waals surface area contributed by atoms with E-state index >= 15 is 0 Å². The molecule has 0 aliphatic carbocycles. The third-order valence-corrected chi connectivity index (χ3v) is 4.16. The lowest BCUT2D eigenvalue weighted by Gasteiger charge is -2.19. The summed E-state index contributed by atoms with van der Waals surface area (Å²) in [5, 5.41) is -0.149. The van der Waals surface area contributed by atoms with Crippen LogP contribution in [-0.2, 0) is 10.2 Å². The first kappa shape index (κ1) is 16.9. The van der Waals surface area contributed by atoms with Crippen molar-refractivity contribution in [1.82, 2.24) is 9.03 Å². The van der Waals surface area contributed by atoms with Crippen LogP contribution in [0.3, 0.4) is 0 Å². The number of carbonyl (C=O) groups excluding carboxylic acids is 1. The molecular formula is C12H16ClFN2O3S. The number of benzene rings is 1. The zero-order valence-corrected chi connectivity index (χ0v) is 12.9. The quantitative estimate of drug-likeness (QED) is 0.902. The van der Waals surface area contributed by atoms with Crippen molar-refractivity contribution in [3.8, 4) is 0 Å². The normalized spacial score (nSPS) is 11.9. The van der Waals surface area contributed by atoms with Crippen molar-refractivity contribution in [3.05, 3.63) is 34.6 Å². The Balaban J connectivity index is 2.89. The van der Waals surface area contributed by atoms with E-state index in [4.69, 9.17) is 11.6 Å². The first-order valence-corrected chi connectivity index (χ1v) is 7.68. The molecule has 0 fully saturated rings. The van der Waals surface area contributed by atoms with E-state index in [1.807, 2.05) is 18.6 Å². The summed E-state index contributed by atoms with van der Waals surface area (Å²) in [6.07, 6.45) is 0. The Morgan fingerprint density at radius 2 is 2.05 bits per heavy atom. The van der Waals surface area contributed by atoms with Gasteiger partial charge in [-0.2, -0.15) is 12.7 Å². The lowest BCUT2D eigenvalue weighted by atomic mass is 10.2. The van der Waals surface area contributed by atoms with Gasteiger partial charge >= 0.3 is 10.2 Å². The van der Waals surface area contributed by atoms with Gasteiger partial charge in [0.1, 0.15) is 5.82 Å². The van der Waals surface area contributed by atoms with Gasteiger partial charge < -0.3 is 0 Å². The Morgan fingerprint density at radius 3 is 2.55 bits per heavy atom. The highest BCUT2D eigenvalue weighted by atomic mass is 35.5. The second kappa shape index (κ2) is 6.51. The summed E-state index contributed by atoms with van der Waals surface area (Å²) in [6, 6.07) is 3.11. The number of carbonyl (C=O) groups is 1. The zero-order valence-electron chi connectivity index (χ0n) is 11.4. The summed E-state index contributed by atoms with van der Waals surface area (Å²) in [4.78, 5) is 11.9. The highest BCUT2D eigenvalue weighted by molar-refractivity contribution is 7.87. The summed E-state index contributed by atoms with van der Waals surface area (Å²) < 4.78 is 39.6. The van der Waals surface area contributed by atoms with Crippen molar-refractivity contribution in [2.45, 2.75) is 13.8 Å². The van der Waals surface area contributed by atoms with Crippen molar-refractivity contribution < 1.29 is 17.6 Å². The zero-order chi connectivity index (χ0) is 15.5. The molecule has 8 heteroatoms. The molecule has 0 spiro atoms. The number of nitrogens with one attached hydrogen (secondary N) is 1. The SMILES string of the molecule is CC(C)CN(C)S(=O)(=O)NC(=O)c1ccc(F)cc1Cl.